The Kier molecular flexibility index (Phi) is 3.39. The number of aryl methyl sites for hydroxylation is 2. The van der Waals surface area contributed by atoms with Crippen LogP contribution in [0.2, 0.25) is 5.02 Å². The highest BCUT2D eigenvalue weighted by molar-refractivity contribution is 6.31. The van der Waals surface area contributed by atoms with E-state index in [0.29, 0.717) is 16.3 Å². The van der Waals surface area contributed by atoms with Crippen LogP contribution in [-0.4, -0.2) is 15.9 Å². The summed E-state index contributed by atoms with van der Waals surface area (Å²) in [6, 6.07) is 7.24. The van der Waals surface area contributed by atoms with Crippen LogP contribution in [0.4, 0.5) is 5.69 Å². The summed E-state index contributed by atoms with van der Waals surface area (Å²) in [6.45, 7) is 3.90. The Morgan fingerprint density at radius 3 is 2.86 bits per heavy atom. The van der Waals surface area contributed by atoms with E-state index in [2.05, 4.69) is 15.3 Å². The van der Waals surface area contributed by atoms with Crippen molar-refractivity contribution < 1.29 is 4.79 Å². The Labute approximate surface area is 127 Å². The van der Waals surface area contributed by atoms with Gasteiger partial charge in [0.2, 0.25) is 0 Å². The number of amides is 1. The number of hydrogen-bond acceptors (Lipinski definition) is 2. The normalized spacial score (nSPS) is 10.8. The zero-order valence-electron chi connectivity index (χ0n) is 11.7. The number of H-pyrrole nitrogens is 1. The molecule has 2 aromatic heterocycles. The fraction of sp³-hybridized carbons (Fsp3) is 0.125. The third kappa shape index (κ3) is 2.62. The molecule has 0 atom stereocenters. The molecule has 0 saturated carbocycles. The molecule has 0 bridgehead atoms. The second kappa shape index (κ2) is 5.22. The Hall–Kier alpha value is -2.33. The predicted octanol–water partition coefficient (Wildman–Crippen LogP) is 4.09. The van der Waals surface area contributed by atoms with Crippen LogP contribution in [0.5, 0.6) is 0 Å². The van der Waals surface area contributed by atoms with Crippen molar-refractivity contribution in [3.63, 3.8) is 0 Å². The Bertz CT molecular complexity index is 839. The van der Waals surface area contributed by atoms with Crippen LogP contribution in [0.15, 0.2) is 36.7 Å². The number of fused-ring (bicyclic) bond motifs is 1. The van der Waals surface area contributed by atoms with Crippen LogP contribution in [0.25, 0.3) is 11.0 Å². The average molecular weight is 300 g/mol. The highest BCUT2D eigenvalue weighted by Crippen LogP contribution is 2.22. The summed E-state index contributed by atoms with van der Waals surface area (Å²) in [5, 5.41) is 4.41. The van der Waals surface area contributed by atoms with Gasteiger partial charge in [-0.25, -0.2) is 4.98 Å². The van der Waals surface area contributed by atoms with Crippen molar-refractivity contribution in [2.75, 3.05) is 5.32 Å². The lowest BCUT2D eigenvalue weighted by Crippen LogP contribution is -2.13. The molecule has 21 heavy (non-hydrogen) atoms. The van der Waals surface area contributed by atoms with Gasteiger partial charge >= 0.3 is 0 Å². The number of hydrogen-bond donors (Lipinski definition) is 2. The van der Waals surface area contributed by atoms with Gasteiger partial charge in [0, 0.05) is 28.5 Å². The molecule has 106 valence electrons. The standard InChI is InChI=1S/C16H14ClN3O/c1-9-3-4-12(17)6-14(9)20-16(21)11-5-13-10(2)7-18-15(13)19-8-11/h3-8H,1-2H3,(H,18,19)(H,20,21). The topological polar surface area (TPSA) is 57.8 Å². The maximum absolute atomic E-state index is 12.4. The van der Waals surface area contributed by atoms with E-state index in [0.717, 1.165) is 22.2 Å². The lowest BCUT2D eigenvalue weighted by molar-refractivity contribution is 0.102. The van der Waals surface area contributed by atoms with Gasteiger partial charge in [-0.05, 0) is 43.2 Å². The number of pyridine rings is 1. The van der Waals surface area contributed by atoms with E-state index in [1.54, 1.807) is 18.3 Å². The maximum Gasteiger partial charge on any atom is 0.257 e. The number of aromatic nitrogens is 2. The highest BCUT2D eigenvalue weighted by atomic mass is 35.5. The van der Waals surface area contributed by atoms with E-state index in [-0.39, 0.29) is 5.91 Å². The number of benzene rings is 1. The van der Waals surface area contributed by atoms with Gasteiger partial charge in [-0.3, -0.25) is 4.79 Å². The van der Waals surface area contributed by atoms with Crippen LogP contribution in [0.1, 0.15) is 21.5 Å². The number of carbonyl (C=O) groups excluding carboxylic acids is 1. The monoisotopic (exact) mass is 299 g/mol. The quantitative estimate of drug-likeness (QED) is 0.749. The Morgan fingerprint density at radius 2 is 2.05 bits per heavy atom. The molecule has 0 unspecified atom stereocenters. The lowest BCUT2D eigenvalue weighted by atomic mass is 10.1. The molecule has 2 N–H and O–H groups in total. The molecule has 0 saturated heterocycles. The smallest absolute Gasteiger partial charge is 0.257 e. The van der Waals surface area contributed by atoms with Crippen molar-refractivity contribution >= 4 is 34.2 Å². The van der Waals surface area contributed by atoms with Crippen molar-refractivity contribution in [2.45, 2.75) is 13.8 Å². The number of anilines is 1. The van der Waals surface area contributed by atoms with Crippen molar-refractivity contribution in [3.8, 4) is 0 Å². The number of nitrogens with zero attached hydrogens (tertiary/aromatic N) is 1. The van der Waals surface area contributed by atoms with Gasteiger partial charge in [-0.2, -0.15) is 0 Å². The maximum atomic E-state index is 12.4. The largest absolute Gasteiger partial charge is 0.346 e. The third-order valence-electron chi connectivity index (χ3n) is 3.45. The van der Waals surface area contributed by atoms with Gasteiger partial charge in [0.1, 0.15) is 5.65 Å². The molecule has 4 nitrogen and oxygen atoms in total. The molecule has 1 aromatic carbocycles. The minimum absolute atomic E-state index is 0.199. The molecule has 0 aliphatic rings. The molecular formula is C16H14ClN3O. The third-order valence-corrected chi connectivity index (χ3v) is 3.68. The number of rotatable bonds is 2. The van der Waals surface area contributed by atoms with Crippen LogP contribution in [0, 0.1) is 13.8 Å². The second-order valence-corrected chi connectivity index (χ2v) is 5.44. The van der Waals surface area contributed by atoms with E-state index in [1.165, 1.54) is 0 Å². The van der Waals surface area contributed by atoms with Gasteiger partial charge in [0.05, 0.1) is 5.56 Å². The molecule has 2 heterocycles. The van der Waals surface area contributed by atoms with Gasteiger partial charge in [0.15, 0.2) is 0 Å². The molecule has 0 aliphatic carbocycles. The summed E-state index contributed by atoms with van der Waals surface area (Å²) >= 11 is 5.96. The van der Waals surface area contributed by atoms with Gasteiger partial charge in [-0.1, -0.05) is 17.7 Å². The molecule has 5 heteroatoms. The summed E-state index contributed by atoms with van der Waals surface area (Å²) in [5.41, 5.74) is 4.02. The summed E-state index contributed by atoms with van der Waals surface area (Å²) < 4.78 is 0. The van der Waals surface area contributed by atoms with Crippen molar-refractivity contribution in [3.05, 3.63) is 58.4 Å². The first-order valence-corrected chi connectivity index (χ1v) is 6.93. The minimum Gasteiger partial charge on any atom is -0.346 e. The Balaban J connectivity index is 1.93. The van der Waals surface area contributed by atoms with Gasteiger partial charge in [-0.15, -0.1) is 0 Å². The van der Waals surface area contributed by atoms with Crippen molar-refractivity contribution in [2.24, 2.45) is 0 Å². The van der Waals surface area contributed by atoms with Gasteiger partial charge < -0.3 is 10.3 Å². The molecule has 1 amide bonds. The van der Waals surface area contributed by atoms with Gasteiger partial charge in [0.25, 0.3) is 5.91 Å². The fourth-order valence-electron chi connectivity index (χ4n) is 2.18. The molecule has 3 aromatic rings. The molecular weight excluding hydrogens is 286 g/mol. The van der Waals surface area contributed by atoms with E-state index in [4.69, 9.17) is 11.6 Å². The first kappa shape index (κ1) is 13.6. The molecule has 0 radical (unpaired) electrons. The summed E-state index contributed by atoms with van der Waals surface area (Å²) in [7, 11) is 0. The number of carbonyl (C=O) groups is 1. The molecule has 0 fully saturated rings. The number of halogens is 1. The summed E-state index contributed by atoms with van der Waals surface area (Å²) in [5.74, 6) is -0.199. The van der Waals surface area contributed by atoms with Crippen molar-refractivity contribution in [1.82, 2.24) is 9.97 Å². The summed E-state index contributed by atoms with van der Waals surface area (Å²) in [4.78, 5) is 19.7. The minimum atomic E-state index is -0.199. The number of nitrogens with one attached hydrogen (secondary N) is 2. The SMILES string of the molecule is Cc1ccc(Cl)cc1NC(=O)c1cnc2[nH]cc(C)c2c1. The van der Waals surface area contributed by atoms with Crippen LogP contribution in [-0.2, 0) is 0 Å². The van der Waals surface area contributed by atoms with E-state index >= 15 is 0 Å². The van der Waals surface area contributed by atoms with Crippen LogP contribution < -0.4 is 5.32 Å². The van der Waals surface area contributed by atoms with E-state index < -0.39 is 0 Å². The predicted molar refractivity (Wildman–Crippen MR) is 85.0 cm³/mol. The molecule has 0 spiro atoms. The first-order chi connectivity index (χ1) is 10.0. The highest BCUT2D eigenvalue weighted by Gasteiger charge is 2.11. The second-order valence-electron chi connectivity index (χ2n) is 5.01. The number of aromatic amines is 1. The zero-order valence-corrected chi connectivity index (χ0v) is 12.5. The molecule has 3 rings (SSSR count). The van der Waals surface area contributed by atoms with E-state index in [1.807, 2.05) is 32.2 Å². The van der Waals surface area contributed by atoms with Crippen LogP contribution in [0.3, 0.4) is 0 Å². The average Bonchev–Trinajstić information content (AvgIpc) is 2.84. The van der Waals surface area contributed by atoms with Crippen LogP contribution >= 0.6 is 11.6 Å². The van der Waals surface area contributed by atoms with E-state index in [9.17, 15) is 4.79 Å². The summed E-state index contributed by atoms with van der Waals surface area (Å²) in [6.07, 6.45) is 3.44. The fourth-order valence-corrected chi connectivity index (χ4v) is 2.35. The zero-order chi connectivity index (χ0) is 15.0. The Morgan fingerprint density at radius 1 is 1.24 bits per heavy atom. The molecule has 0 aliphatic heterocycles. The van der Waals surface area contributed by atoms with Crippen molar-refractivity contribution in [1.29, 1.82) is 0 Å². The first-order valence-electron chi connectivity index (χ1n) is 6.56. The lowest BCUT2D eigenvalue weighted by Gasteiger charge is -2.09.